The zero-order valence-electron chi connectivity index (χ0n) is 13.7. The van der Waals surface area contributed by atoms with Crippen LogP contribution in [0.25, 0.3) is 5.57 Å². The van der Waals surface area contributed by atoms with E-state index < -0.39 is 0 Å². The zero-order valence-corrected chi connectivity index (χ0v) is 13.7. The fourth-order valence-electron chi connectivity index (χ4n) is 2.39. The molecule has 1 aromatic carbocycles. The summed E-state index contributed by atoms with van der Waals surface area (Å²) in [6.45, 7) is 6.34. The zero-order chi connectivity index (χ0) is 15.5. The van der Waals surface area contributed by atoms with Crippen molar-refractivity contribution in [3.63, 3.8) is 0 Å². The van der Waals surface area contributed by atoms with Gasteiger partial charge in [-0.25, -0.2) is 4.79 Å². The fraction of sp³-hybridized carbons (Fsp3) is 0.526. The molecule has 0 spiro atoms. The lowest BCUT2D eigenvalue weighted by molar-refractivity contribution is -0.136. The maximum Gasteiger partial charge on any atom is 0.338 e. The quantitative estimate of drug-likeness (QED) is 0.356. The predicted octanol–water partition coefficient (Wildman–Crippen LogP) is 5.17. The average Bonchev–Trinajstić information content (AvgIpc) is 2.49. The molecule has 2 heteroatoms. The molecule has 0 heterocycles. The molecule has 0 saturated carbocycles. The first-order valence-electron chi connectivity index (χ1n) is 8.15. The van der Waals surface area contributed by atoms with Crippen LogP contribution in [0, 0.1) is 0 Å². The SMILES string of the molecule is C/C=C(/C(=O)OCC)c1ccc(CCCCCCC)cc1. The van der Waals surface area contributed by atoms with Crippen LogP contribution in [-0.4, -0.2) is 12.6 Å². The number of benzene rings is 1. The van der Waals surface area contributed by atoms with Crippen LogP contribution < -0.4 is 0 Å². The van der Waals surface area contributed by atoms with Crippen molar-refractivity contribution in [1.29, 1.82) is 0 Å². The van der Waals surface area contributed by atoms with E-state index in [0.29, 0.717) is 12.2 Å². The molecule has 0 saturated heterocycles. The maximum absolute atomic E-state index is 11.8. The highest BCUT2D eigenvalue weighted by atomic mass is 16.5. The van der Waals surface area contributed by atoms with E-state index in [1.54, 1.807) is 0 Å². The molecular formula is C19H28O2. The van der Waals surface area contributed by atoms with E-state index in [1.165, 1.54) is 37.7 Å². The summed E-state index contributed by atoms with van der Waals surface area (Å²) in [5.74, 6) is -0.243. The minimum absolute atomic E-state index is 0.243. The van der Waals surface area contributed by atoms with Crippen LogP contribution in [0.4, 0.5) is 0 Å². The van der Waals surface area contributed by atoms with Gasteiger partial charge in [-0.1, -0.05) is 62.9 Å². The topological polar surface area (TPSA) is 26.3 Å². The van der Waals surface area contributed by atoms with Crippen LogP contribution in [-0.2, 0) is 16.0 Å². The van der Waals surface area contributed by atoms with E-state index in [-0.39, 0.29) is 5.97 Å². The van der Waals surface area contributed by atoms with Crippen molar-refractivity contribution >= 4 is 11.5 Å². The van der Waals surface area contributed by atoms with Crippen molar-refractivity contribution in [1.82, 2.24) is 0 Å². The monoisotopic (exact) mass is 288 g/mol. The van der Waals surface area contributed by atoms with E-state index in [1.807, 2.05) is 32.1 Å². The van der Waals surface area contributed by atoms with Crippen molar-refractivity contribution in [3.8, 4) is 0 Å². The number of hydrogen-bond donors (Lipinski definition) is 0. The van der Waals surface area contributed by atoms with Crippen LogP contribution in [0.2, 0.25) is 0 Å². The third-order valence-corrected chi connectivity index (χ3v) is 3.62. The normalized spacial score (nSPS) is 11.5. The first-order valence-corrected chi connectivity index (χ1v) is 8.15. The number of rotatable bonds is 9. The molecule has 21 heavy (non-hydrogen) atoms. The van der Waals surface area contributed by atoms with Gasteiger partial charge in [-0.15, -0.1) is 0 Å². The molecule has 116 valence electrons. The van der Waals surface area contributed by atoms with Crippen LogP contribution in [0.1, 0.15) is 64.0 Å². The number of hydrogen-bond acceptors (Lipinski definition) is 2. The second-order valence-corrected chi connectivity index (χ2v) is 5.28. The van der Waals surface area contributed by atoms with E-state index in [2.05, 4.69) is 19.1 Å². The molecule has 0 N–H and O–H groups in total. The van der Waals surface area contributed by atoms with E-state index in [0.717, 1.165) is 12.0 Å². The average molecular weight is 288 g/mol. The Morgan fingerprint density at radius 3 is 2.29 bits per heavy atom. The van der Waals surface area contributed by atoms with Gasteiger partial charge in [0.05, 0.1) is 12.2 Å². The van der Waals surface area contributed by atoms with Gasteiger partial charge in [0.25, 0.3) is 0 Å². The summed E-state index contributed by atoms with van der Waals surface area (Å²) >= 11 is 0. The van der Waals surface area contributed by atoms with Crippen molar-refractivity contribution < 1.29 is 9.53 Å². The smallest absolute Gasteiger partial charge is 0.338 e. The molecule has 2 nitrogen and oxygen atoms in total. The molecule has 1 rings (SSSR count). The minimum Gasteiger partial charge on any atom is -0.462 e. The summed E-state index contributed by atoms with van der Waals surface area (Å²) in [6.07, 6.45) is 9.44. The third kappa shape index (κ3) is 6.16. The largest absolute Gasteiger partial charge is 0.462 e. The molecule has 0 amide bonds. The number of allylic oxidation sites excluding steroid dienone is 1. The van der Waals surface area contributed by atoms with Gasteiger partial charge in [0.15, 0.2) is 0 Å². The molecule has 0 radical (unpaired) electrons. The van der Waals surface area contributed by atoms with E-state index in [4.69, 9.17) is 4.74 Å². The van der Waals surface area contributed by atoms with Gasteiger partial charge < -0.3 is 4.74 Å². The van der Waals surface area contributed by atoms with Crippen LogP contribution in [0.5, 0.6) is 0 Å². The number of unbranched alkanes of at least 4 members (excludes halogenated alkanes) is 4. The van der Waals surface area contributed by atoms with Gasteiger partial charge in [0, 0.05) is 0 Å². The Kier molecular flexibility index (Phi) is 8.49. The lowest BCUT2D eigenvalue weighted by Crippen LogP contribution is -2.06. The number of ether oxygens (including phenoxy) is 1. The molecule has 0 aliphatic heterocycles. The number of aryl methyl sites for hydroxylation is 1. The number of carbonyl (C=O) groups is 1. The summed E-state index contributed by atoms with van der Waals surface area (Å²) < 4.78 is 5.07. The van der Waals surface area contributed by atoms with E-state index >= 15 is 0 Å². The Morgan fingerprint density at radius 2 is 1.71 bits per heavy atom. The lowest BCUT2D eigenvalue weighted by Gasteiger charge is -2.08. The maximum atomic E-state index is 11.8. The van der Waals surface area contributed by atoms with Gasteiger partial charge in [0.1, 0.15) is 0 Å². The summed E-state index contributed by atoms with van der Waals surface area (Å²) in [5.41, 5.74) is 2.92. The summed E-state index contributed by atoms with van der Waals surface area (Å²) in [4.78, 5) is 11.8. The Labute approximate surface area is 129 Å². The van der Waals surface area contributed by atoms with Gasteiger partial charge >= 0.3 is 5.97 Å². The summed E-state index contributed by atoms with van der Waals surface area (Å²) in [6, 6.07) is 8.29. The van der Waals surface area contributed by atoms with Crippen molar-refractivity contribution in [2.24, 2.45) is 0 Å². The first kappa shape index (κ1) is 17.5. The highest BCUT2D eigenvalue weighted by Gasteiger charge is 2.11. The Bertz CT molecular complexity index is 443. The fourth-order valence-corrected chi connectivity index (χ4v) is 2.39. The van der Waals surface area contributed by atoms with Crippen LogP contribution >= 0.6 is 0 Å². The van der Waals surface area contributed by atoms with Gasteiger partial charge in [0.2, 0.25) is 0 Å². The molecule has 0 aliphatic carbocycles. The van der Waals surface area contributed by atoms with Crippen molar-refractivity contribution in [2.45, 2.75) is 59.3 Å². The van der Waals surface area contributed by atoms with Gasteiger partial charge in [-0.05, 0) is 37.8 Å². The van der Waals surface area contributed by atoms with Crippen LogP contribution in [0.3, 0.4) is 0 Å². The van der Waals surface area contributed by atoms with Crippen molar-refractivity contribution in [2.75, 3.05) is 6.61 Å². The molecule has 0 aromatic heterocycles. The molecular weight excluding hydrogens is 260 g/mol. The molecule has 1 aromatic rings. The summed E-state index contributed by atoms with van der Waals surface area (Å²) in [5, 5.41) is 0. The third-order valence-electron chi connectivity index (χ3n) is 3.62. The standard InChI is InChI=1S/C19H28O2/c1-4-7-8-9-10-11-16-12-14-17(15-13-16)18(5-2)19(20)21-6-3/h5,12-15H,4,6-11H2,1-3H3/b18-5+. The second kappa shape index (κ2) is 10.2. The van der Waals surface area contributed by atoms with Crippen molar-refractivity contribution in [3.05, 3.63) is 41.5 Å². The molecule has 0 aliphatic rings. The molecule has 0 atom stereocenters. The number of carbonyl (C=O) groups excluding carboxylic acids is 1. The highest BCUT2D eigenvalue weighted by Crippen LogP contribution is 2.18. The number of esters is 1. The highest BCUT2D eigenvalue weighted by molar-refractivity contribution is 6.16. The molecule has 0 unspecified atom stereocenters. The Hall–Kier alpha value is -1.57. The second-order valence-electron chi connectivity index (χ2n) is 5.28. The first-order chi connectivity index (χ1) is 10.2. The lowest BCUT2D eigenvalue weighted by atomic mass is 10.0. The van der Waals surface area contributed by atoms with Gasteiger partial charge in [-0.3, -0.25) is 0 Å². The molecule has 0 bridgehead atoms. The Morgan fingerprint density at radius 1 is 1.05 bits per heavy atom. The molecule has 0 fully saturated rings. The predicted molar refractivity (Wildman–Crippen MR) is 89.2 cm³/mol. The Balaban J connectivity index is 2.54. The summed E-state index contributed by atoms with van der Waals surface area (Å²) in [7, 11) is 0. The van der Waals surface area contributed by atoms with Gasteiger partial charge in [-0.2, -0.15) is 0 Å². The minimum atomic E-state index is -0.243. The van der Waals surface area contributed by atoms with Crippen LogP contribution in [0.15, 0.2) is 30.3 Å². The van der Waals surface area contributed by atoms with E-state index in [9.17, 15) is 4.79 Å².